The van der Waals surface area contributed by atoms with Crippen molar-refractivity contribution < 1.29 is 9.90 Å². The molecule has 0 unspecified atom stereocenters. The molecule has 1 heterocycles. The first kappa shape index (κ1) is 14.6. The summed E-state index contributed by atoms with van der Waals surface area (Å²) in [6.45, 7) is 8.06. The summed E-state index contributed by atoms with van der Waals surface area (Å²) in [7, 11) is 0. The van der Waals surface area contributed by atoms with E-state index in [1.165, 1.54) is 0 Å². The third-order valence-corrected chi connectivity index (χ3v) is 3.80. The number of aliphatic carboxylic acids is 1. The zero-order chi connectivity index (χ0) is 13.8. The number of pyridine rings is 1. The number of nitrogens with zero attached hydrogens (tertiary/aromatic N) is 1. The predicted molar refractivity (Wildman–Crippen MR) is 71.4 cm³/mol. The van der Waals surface area contributed by atoms with E-state index in [-0.39, 0.29) is 0 Å². The first-order valence-electron chi connectivity index (χ1n) is 6.15. The number of rotatable bonds is 6. The maximum atomic E-state index is 11.3. The van der Waals surface area contributed by atoms with Crippen LogP contribution in [-0.2, 0) is 11.2 Å². The van der Waals surface area contributed by atoms with Gasteiger partial charge in [-0.3, -0.25) is 9.78 Å². The van der Waals surface area contributed by atoms with Gasteiger partial charge in [0.2, 0.25) is 0 Å². The van der Waals surface area contributed by atoms with Crippen molar-refractivity contribution in [2.75, 3.05) is 6.54 Å². The lowest BCUT2D eigenvalue weighted by Gasteiger charge is -2.39. The van der Waals surface area contributed by atoms with Crippen LogP contribution in [0.2, 0.25) is 0 Å². The van der Waals surface area contributed by atoms with Gasteiger partial charge in [-0.05, 0) is 52.3 Å². The number of hydrogen-bond acceptors (Lipinski definition) is 3. The Hall–Kier alpha value is -1.42. The SMILES string of the molecule is CC(C)(NCCc1cccnc1)C(C)(C)C(=O)O. The number of carboxylic acid groups (broad SMARTS) is 1. The topological polar surface area (TPSA) is 62.2 Å². The predicted octanol–water partition coefficient (Wildman–Crippen LogP) is 2.10. The quantitative estimate of drug-likeness (QED) is 0.811. The molecule has 0 aliphatic rings. The standard InChI is InChI=1S/C14H22N2O2/c1-13(2,12(17)18)14(3,4)16-9-7-11-6-5-8-15-10-11/h5-6,8,10,16H,7,9H2,1-4H3,(H,17,18). The Balaban J connectivity index is 2.55. The molecule has 0 spiro atoms. The van der Waals surface area contributed by atoms with Crippen molar-refractivity contribution in [3.63, 3.8) is 0 Å². The average Bonchev–Trinajstić information content (AvgIpc) is 2.29. The van der Waals surface area contributed by atoms with Gasteiger partial charge in [-0.25, -0.2) is 0 Å². The van der Waals surface area contributed by atoms with Crippen molar-refractivity contribution in [2.24, 2.45) is 5.41 Å². The van der Waals surface area contributed by atoms with E-state index in [0.29, 0.717) is 0 Å². The van der Waals surface area contributed by atoms with Crippen molar-refractivity contribution in [1.82, 2.24) is 10.3 Å². The molecule has 18 heavy (non-hydrogen) atoms. The number of nitrogens with one attached hydrogen (secondary N) is 1. The summed E-state index contributed by atoms with van der Waals surface area (Å²) in [5.41, 5.74) is -0.142. The molecule has 0 saturated heterocycles. The Kier molecular flexibility index (Phi) is 4.46. The fraction of sp³-hybridized carbons (Fsp3) is 0.571. The minimum atomic E-state index is -0.818. The molecule has 0 fully saturated rings. The summed E-state index contributed by atoms with van der Waals surface area (Å²) in [5.74, 6) is -0.790. The van der Waals surface area contributed by atoms with Crippen LogP contribution < -0.4 is 5.32 Å². The van der Waals surface area contributed by atoms with Gasteiger partial charge in [0, 0.05) is 17.9 Å². The number of aromatic nitrogens is 1. The third-order valence-electron chi connectivity index (χ3n) is 3.80. The monoisotopic (exact) mass is 250 g/mol. The van der Waals surface area contributed by atoms with Crippen LogP contribution >= 0.6 is 0 Å². The second kappa shape index (κ2) is 5.48. The zero-order valence-corrected chi connectivity index (χ0v) is 11.5. The summed E-state index contributed by atoms with van der Waals surface area (Å²) in [6, 6.07) is 3.92. The van der Waals surface area contributed by atoms with Crippen LogP contribution in [0.4, 0.5) is 0 Å². The van der Waals surface area contributed by atoms with Gasteiger partial charge in [0.1, 0.15) is 0 Å². The molecule has 2 N–H and O–H groups in total. The van der Waals surface area contributed by atoms with E-state index in [1.807, 2.05) is 32.2 Å². The minimum absolute atomic E-state index is 0.471. The molecule has 0 atom stereocenters. The zero-order valence-electron chi connectivity index (χ0n) is 11.5. The molecule has 1 aromatic rings. The molecule has 0 aliphatic heterocycles. The van der Waals surface area contributed by atoms with E-state index in [1.54, 1.807) is 20.0 Å². The Bertz CT molecular complexity index is 400. The van der Waals surface area contributed by atoms with Crippen molar-refractivity contribution in [2.45, 2.75) is 39.7 Å². The molecule has 0 bridgehead atoms. The summed E-state index contributed by atoms with van der Waals surface area (Å²) < 4.78 is 0. The molecule has 4 heteroatoms. The molecule has 0 aromatic carbocycles. The first-order chi connectivity index (χ1) is 8.27. The van der Waals surface area contributed by atoms with Gasteiger partial charge in [0.05, 0.1) is 5.41 Å². The minimum Gasteiger partial charge on any atom is -0.481 e. The van der Waals surface area contributed by atoms with Gasteiger partial charge in [0.15, 0.2) is 0 Å². The molecule has 0 amide bonds. The van der Waals surface area contributed by atoms with Crippen LogP contribution in [0.15, 0.2) is 24.5 Å². The summed E-state index contributed by atoms with van der Waals surface area (Å²) in [4.78, 5) is 15.3. The van der Waals surface area contributed by atoms with Crippen LogP contribution in [0.5, 0.6) is 0 Å². The van der Waals surface area contributed by atoms with Gasteiger partial charge in [-0.15, -0.1) is 0 Å². The summed E-state index contributed by atoms with van der Waals surface area (Å²) in [6.07, 6.45) is 4.42. The van der Waals surface area contributed by atoms with Gasteiger partial charge in [0.25, 0.3) is 0 Å². The number of carboxylic acids is 1. The second-order valence-corrected chi connectivity index (χ2v) is 5.59. The van der Waals surface area contributed by atoms with Crippen LogP contribution in [0.1, 0.15) is 33.3 Å². The Labute approximate surface area is 108 Å². The molecular formula is C14H22N2O2. The van der Waals surface area contributed by atoms with E-state index in [0.717, 1.165) is 18.5 Å². The molecule has 0 radical (unpaired) electrons. The summed E-state index contributed by atoms with van der Waals surface area (Å²) >= 11 is 0. The van der Waals surface area contributed by atoms with Gasteiger partial charge in [-0.2, -0.15) is 0 Å². The lowest BCUT2D eigenvalue weighted by Crippen LogP contribution is -2.55. The Morgan fingerprint density at radius 2 is 2.06 bits per heavy atom. The lowest BCUT2D eigenvalue weighted by atomic mass is 9.74. The molecule has 1 aromatic heterocycles. The fourth-order valence-electron chi connectivity index (χ4n) is 1.55. The normalized spacial score (nSPS) is 12.4. The number of hydrogen-bond donors (Lipinski definition) is 2. The third kappa shape index (κ3) is 3.29. The van der Waals surface area contributed by atoms with Gasteiger partial charge >= 0.3 is 5.97 Å². The van der Waals surface area contributed by atoms with E-state index in [4.69, 9.17) is 0 Å². The number of carbonyl (C=O) groups is 1. The molecule has 1 rings (SSSR count). The molecule has 0 saturated carbocycles. The van der Waals surface area contributed by atoms with Crippen LogP contribution in [-0.4, -0.2) is 28.1 Å². The van der Waals surface area contributed by atoms with Crippen molar-refractivity contribution in [3.8, 4) is 0 Å². The maximum Gasteiger partial charge on any atom is 0.310 e. The second-order valence-electron chi connectivity index (χ2n) is 5.59. The highest BCUT2D eigenvalue weighted by atomic mass is 16.4. The highest BCUT2D eigenvalue weighted by Gasteiger charge is 2.42. The van der Waals surface area contributed by atoms with E-state index < -0.39 is 16.9 Å². The van der Waals surface area contributed by atoms with E-state index >= 15 is 0 Å². The highest BCUT2D eigenvalue weighted by Crippen LogP contribution is 2.30. The smallest absolute Gasteiger partial charge is 0.310 e. The van der Waals surface area contributed by atoms with E-state index in [9.17, 15) is 9.90 Å². The van der Waals surface area contributed by atoms with Crippen molar-refractivity contribution in [3.05, 3.63) is 30.1 Å². The Morgan fingerprint density at radius 1 is 1.39 bits per heavy atom. The van der Waals surface area contributed by atoms with Crippen molar-refractivity contribution in [1.29, 1.82) is 0 Å². The molecule has 100 valence electrons. The van der Waals surface area contributed by atoms with Crippen LogP contribution in [0.3, 0.4) is 0 Å². The lowest BCUT2D eigenvalue weighted by molar-refractivity contribution is -0.151. The fourth-order valence-corrected chi connectivity index (χ4v) is 1.55. The molecular weight excluding hydrogens is 228 g/mol. The summed E-state index contributed by atoms with van der Waals surface area (Å²) in [5, 5.41) is 12.6. The maximum absolute atomic E-state index is 11.3. The van der Waals surface area contributed by atoms with Gasteiger partial charge in [-0.1, -0.05) is 6.07 Å². The average molecular weight is 250 g/mol. The molecule has 4 nitrogen and oxygen atoms in total. The van der Waals surface area contributed by atoms with Gasteiger partial charge < -0.3 is 10.4 Å². The van der Waals surface area contributed by atoms with Crippen LogP contribution in [0, 0.1) is 5.41 Å². The van der Waals surface area contributed by atoms with Crippen LogP contribution in [0.25, 0.3) is 0 Å². The van der Waals surface area contributed by atoms with Crippen molar-refractivity contribution >= 4 is 5.97 Å². The Morgan fingerprint density at radius 3 is 2.56 bits per heavy atom. The first-order valence-corrected chi connectivity index (χ1v) is 6.15. The highest BCUT2D eigenvalue weighted by molar-refractivity contribution is 5.75. The van der Waals surface area contributed by atoms with E-state index in [2.05, 4.69) is 10.3 Å². The molecule has 0 aliphatic carbocycles. The largest absolute Gasteiger partial charge is 0.481 e.